The minimum atomic E-state index is 0.0689. The van der Waals surface area contributed by atoms with Crippen molar-refractivity contribution in [1.82, 2.24) is 0 Å². The Bertz CT molecular complexity index is 608. The summed E-state index contributed by atoms with van der Waals surface area (Å²) >= 11 is 0. The predicted octanol–water partition coefficient (Wildman–Crippen LogP) is 3.74. The van der Waals surface area contributed by atoms with Crippen molar-refractivity contribution in [2.75, 3.05) is 5.32 Å². The van der Waals surface area contributed by atoms with E-state index < -0.39 is 0 Å². The second kappa shape index (κ2) is 6.58. The Labute approximate surface area is 119 Å². The number of hydrogen-bond acceptors (Lipinski definition) is 2. The molecule has 0 heterocycles. The molecular formula is C18H17NO. The molecule has 1 unspecified atom stereocenters. The number of carbonyl (C=O) groups excluding carboxylic acids is 1. The van der Waals surface area contributed by atoms with E-state index in [-0.39, 0.29) is 11.8 Å². The number of benzene rings is 2. The van der Waals surface area contributed by atoms with Gasteiger partial charge in [0.15, 0.2) is 5.78 Å². The standard InChI is InChI=1S/C18H17NO/c1-3-15-9-11-17(12-10-15)19-14(2)13-18(20)16-7-5-4-6-8-16/h1,4-12,14,19H,13H2,2H3. The fourth-order valence-corrected chi connectivity index (χ4v) is 2.02. The number of terminal acetylenes is 1. The van der Waals surface area contributed by atoms with E-state index in [0.29, 0.717) is 6.42 Å². The van der Waals surface area contributed by atoms with E-state index in [1.807, 2.05) is 61.5 Å². The lowest BCUT2D eigenvalue weighted by molar-refractivity contribution is 0.0978. The normalized spacial score (nSPS) is 11.4. The van der Waals surface area contributed by atoms with Gasteiger partial charge < -0.3 is 5.32 Å². The van der Waals surface area contributed by atoms with Crippen molar-refractivity contribution in [2.24, 2.45) is 0 Å². The van der Waals surface area contributed by atoms with Crippen LogP contribution in [0, 0.1) is 12.3 Å². The molecule has 0 aliphatic carbocycles. The summed E-state index contributed by atoms with van der Waals surface area (Å²) in [4.78, 5) is 12.1. The van der Waals surface area contributed by atoms with Crippen LogP contribution in [-0.2, 0) is 0 Å². The van der Waals surface area contributed by atoms with Gasteiger partial charge in [-0.2, -0.15) is 0 Å². The first kappa shape index (κ1) is 13.9. The summed E-state index contributed by atoms with van der Waals surface area (Å²) in [7, 11) is 0. The number of nitrogens with one attached hydrogen (secondary N) is 1. The third kappa shape index (κ3) is 3.73. The number of Topliss-reactive ketones (excluding diaryl/α,β-unsaturated/α-hetero) is 1. The number of hydrogen-bond donors (Lipinski definition) is 1. The summed E-state index contributed by atoms with van der Waals surface area (Å²) in [5.74, 6) is 2.72. The second-order valence-electron chi connectivity index (χ2n) is 4.76. The number of anilines is 1. The molecule has 0 bridgehead atoms. The van der Waals surface area contributed by atoms with Crippen molar-refractivity contribution < 1.29 is 4.79 Å². The van der Waals surface area contributed by atoms with Crippen LogP contribution < -0.4 is 5.32 Å². The predicted molar refractivity (Wildman–Crippen MR) is 82.9 cm³/mol. The molecule has 2 heteroatoms. The van der Waals surface area contributed by atoms with Crippen molar-refractivity contribution in [1.29, 1.82) is 0 Å². The van der Waals surface area contributed by atoms with Crippen LogP contribution >= 0.6 is 0 Å². The fourth-order valence-electron chi connectivity index (χ4n) is 2.02. The Hall–Kier alpha value is -2.53. The van der Waals surface area contributed by atoms with Gasteiger partial charge in [0.2, 0.25) is 0 Å². The van der Waals surface area contributed by atoms with Crippen LogP contribution in [0.15, 0.2) is 54.6 Å². The van der Waals surface area contributed by atoms with Gasteiger partial charge in [0.05, 0.1) is 0 Å². The molecule has 2 aromatic carbocycles. The molecule has 100 valence electrons. The zero-order valence-corrected chi connectivity index (χ0v) is 11.5. The van der Waals surface area contributed by atoms with E-state index in [1.165, 1.54) is 0 Å². The van der Waals surface area contributed by atoms with Gasteiger partial charge in [-0.05, 0) is 31.2 Å². The zero-order chi connectivity index (χ0) is 14.4. The summed E-state index contributed by atoms with van der Waals surface area (Å²) in [6.45, 7) is 2.00. The molecule has 0 spiro atoms. The van der Waals surface area contributed by atoms with Gasteiger partial charge in [-0.15, -0.1) is 6.42 Å². The van der Waals surface area contributed by atoms with Gasteiger partial charge in [0.25, 0.3) is 0 Å². The summed E-state index contributed by atoms with van der Waals surface area (Å²) < 4.78 is 0. The lowest BCUT2D eigenvalue weighted by atomic mass is 10.0. The molecule has 0 aliphatic heterocycles. The van der Waals surface area contributed by atoms with Gasteiger partial charge in [0, 0.05) is 29.3 Å². The van der Waals surface area contributed by atoms with Crippen LogP contribution in [0.3, 0.4) is 0 Å². The highest BCUT2D eigenvalue weighted by Crippen LogP contribution is 2.13. The monoisotopic (exact) mass is 263 g/mol. The van der Waals surface area contributed by atoms with E-state index in [0.717, 1.165) is 16.8 Å². The van der Waals surface area contributed by atoms with Crippen LogP contribution in [0.5, 0.6) is 0 Å². The lowest BCUT2D eigenvalue weighted by Crippen LogP contribution is -2.19. The Balaban J connectivity index is 1.93. The van der Waals surface area contributed by atoms with Crippen molar-refractivity contribution in [3.8, 4) is 12.3 Å². The maximum atomic E-state index is 12.1. The molecule has 0 amide bonds. The van der Waals surface area contributed by atoms with Crippen LogP contribution in [0.1, 0.15) is 29.3 Å². The molecule has 1 N–H and O–H groups in total. The van der Waals surface area contributed by atoms with Gasteiger partial charge in [0.1, 0.15) is 0 Å². The summed E-state index contributed by atoms with van der Waals surface area (Å²) in [6.07, 6.45) is 5.78. The van der Waals surface area contributed by atoms with E-state index >= 15 is 0 Å². The smallest absolute Gasteiger partial charge is 0.164 e. The van der Waals surface area contributed by atoms with Crippen molar-refractivity contribution in [2.45, 2.75) is 19.4 Å². The van der Waals surface area contributed by atoms with Crippen molar-refractivity contribution in [3.63, 3.8) is 0 Å². The minimum Gasteiger partial charge on any atom is -0.382 e. The van der Waals surface area contributed by atoms with Gasteiger partial charge in [-0.1, -0.05) is 36.3 Å². The molecule has 1 atom stereocenters. The summed E-state index contributed by atoms with van der Waals surface area (Å²) in [6, 6.07) is 17.0. The van der Waals surface area contributed by atoms with Gasteiger partial charge >= 0.3 is 0 Å². The fraction of sp³-hybridized carbons (Fsp3) is 0.167. The van der Waals surface area contributed by atoms with E-state index in [4.69, 9.17) is 6.42 Å². The highest BCUT2D eigenvalue weighted by atomic mass is 16.1. The Morgan fingerprint density at radius 2 is 1.80 bits per heavy atom. The molecule has 0 aromatic heterocycles. The Morgan fingerprint density at radius 1 is 1.15 bits per heavy atom. The van der Waals surface area contributed by atoms with Crippen LogP contribution in [0.25, 0.3) is 0 Å². The van der Waals surface area contributed by atoms with Crippen molar-refractivity contribution in [3.05, 3.63) is 65.7 Å². The van der Waals surface area contributed by atoms with Crippen molar-refractivity contribution >= 4 is 11.5 Å². The van der Waals surface area contributed by atoms with E-state index in [1.54, 1.807) is 0 Å². The molecule has 0 radical (unpaired) electrons. The second-order valence-corrected chi connectivity index (χ2v) is 4.76. The first-order valence-corrected chi connectivity index (χ1v) is 6.60. The topological polar surface area (TPSA) is 29.1 Å². The molecule has 0 fully saturated rings. The number of rotatable bonds is 5. The van der Waals surface area contributed by atoms with Crippen LogP contribution in [0.2, 0.25) is 0 Å². The van der Waals surface area contributed by atoms with Crippen LogP contribution in [0.4, 0.5) is 5.69 Å². The highest BCUT2D eigenvalue weighted by Gasteiger charge is 2.10. The third-order valence-corrected chi connectivity index (χ3v) is 3.05. The first-order valence-electron chi connectivity index (χ1n) is 6.60. The molecule has 20 heavy (non-hydrogen) atoms. The summed E-state index contributed by atoms with van der Waals surface area (Å²) in [5, 5.41) is 3.30. The SMILES string of the molecule is C#Cc1ccc(NC(C)CC(=O)c2ccccc2)cc1. The lowest BCUT2D eigenvalue weighted by Gasteiger charge is -2.14. The van der Waals surface area contributed by atoms with Gasteiger partial charge in [-0.25, -0.2) is 0 Å². The summed E-state index contributed by atoms with van der Waals surface area (Å²) in [5.41, 5.74) is 2.57. The zero-order valence-electron chi connectivity index (χ0n) is 11.5. The molecular weight excluding hydrogens is 246 g/mol. The Morgan fingerprint density at radius 3 is 2.40 bits per heavy atom. The molecule has 0 saturated carbocycles. The largest absolute Gasteiger partial charge is 0.382 e. The highest BCUT2D eigenvalue weighted by molar-refractivity contribution is 5.96. The number of carbonyl (C=O) groups is 1. The number of ketones is 1. The molecule has 0 aliphatic rings. The molecule has 2 nitrogen and oxygen atoms in total. The molecule has 0 saturated heterocycles. The van der Waals surface area contributed by atoms with Gasteiger partial charge in [-0.3, -0.25) is 4.79 Å². The average Bonchev–Trinajstić information content (AvgIpc) is 2.49. The average molecular weight is 263 g/mol. The Kier molecular flexibility index (Phi) is 4.57. The molecule has 2 rings (SSSR count). The minimum absolute atomic E-state index is 0.0689. The maximum Gasteiger partial charge on any atom is 0.164 e. The van der Waals surface area contributed by atoms with Crippen LogP contribution in [-0.4, -0.2) is 11.8 Å². The van der Waals surface area contributed by atoms with E-state index in [9.17, 15) is 4.79 Å². The quantitative estimate of drug-likeness (QED) is 0.657. The van der Waals surface area contributed by atoms with E-state index in [2.05, 4.69) is 11.2 Å². The maximum absolute atomic E-state index is 12.1. The molecule has 2 aromatic rings. The first-order chi connectivity index (χ1) is 9.69. The third-order valence-electron chi connectivity index (χ3n) is 3.05.